The van der Waals surface area contributed by atoms with Crippen molar-refractivity contribution in [3.8, 4) is 5.75 Å². The first kappa shape index (κ1) is 23.1. The van der Waals surface area contributed by atoms with Crippen molar-refractivity contribution in [3.05, 3.63) is 46.4 Å². The quantitative estimate of drug-likeness (QED) is 0.538. The third-order valence-corrected chi connectivity index (χ3v) is 7.13. The van der Waals surface area contributed by atoms with Crippen molar-refractivity contribution in [2.75, 3.05) is 37.0 Å². The normalized spacial score (nSPS) is 16.2. The molecule has 1 aliphatic heterocycles. The number of pyridine rings is 1. The molecule has 1 saturated heterocycles. The van der Waals surface area contributed by atoms with Crippen LogP contribution in [0.4, 0.5) is 17.5 Å². The minimum atomic E-state index is -0.295. The lowest BCUT2D eigenvalue weighted by Crippen LogP contribution is -2.60. The molecule has 1 amide bonds. The molecule has 35 heavy (non-hydrogen) atoms. The number of hydrogen-bond acceptors (Lipinski definition) is 7. The summed E-state index contributed by atoms with van der Waals surface area (Å²) in [5.41, 5.74) is 2.84. The number of ether oxygens (including phenoxy) is 1. The average Bonchev–Trinajstić information content (AvgIpc) is 2.77. The maximum atomic E-state index is 13.0. The molecule has 0 radical (unpaired) electrons. The molecule has 1 spiro atoms. The Hall–Kier alpha value is -3.62. The van der Waals surface area contributed by atoms with Crippen LogP contribution < -0.4 is 25.8 Å². The molecular weight excluding hydrogens is 444 g/mol. The Labute approximate surface area is 204 Å². The van der Waals surface area contributed by atoms with E-state index in [0.29, 0.717) is 5.41 Å². The zero-order chi connectivity index (χ0) is 24.7. The van der Waals surface area contributed by atoms with Gasteiger partial charge in [-0.15, -0.1) is 0 Å². The van der Waals surface area contributed by atoms with E-state index in [-0.39, 0.29) is 29.9 Å². The van der Waals surface area contributed by atoms with Crippen LogP contribution in [0.15, 0.2) is 35.3 Å². The van der Waals surface area contributed by atoms with Gasteiger partial charge in [-0.25, -0.2) is 4.98 Å². The predicted octanol–water partition coefficient (Wildman–Crippen LogP) is 3.54. The van der Waals surface area contributed by atoms with Crippen LogP contribution in [0.1, 0.15) is 44.7 Å². The van der Waals surface area contributed by atoms with Gasteiger partial charge < -0.3 is 24.8 Å². The largest absolute Gasteiger partial charge is 0.478 e. The number of nitrogens with zero attached hydrogens (tertiary/aromatic N) is 4. The number of carbonyl (C=O) groups is 1. The lowest BCUT2D eigenvalue weighted by Gasteiger charge is -2.55. The summed E-state index contributed by atoms with van der Waals surface area (Å²) in [5.74, 6) is 1.37. The van der Waals surface area contributed by atoms with E-state index in [2.05, 4.69) is 20.5 Å². The summed E-state index contributed by atoms with van der Waals surface area (Å²) in [5, 5.41) is 6.76. The van der Waals surface area contributed by atoms with E-state index < -0.39 is 0 Å². The molecule has 2 N–H and O–H groups in total. The molecule has 3 aromatic rings. The van der Waals surface area contributed by atoms with Crippen molar-refractivity contribution in [1.82, 2.24) is 19.9 Å². The van der Waals surface area contributed by atoms with E-state index in [0.717, 1.165) is 47.0 Å². The zero-order valence-corrected chi connectivity index (χ0v) is 20.7. The van der Waals surface area contributed by atoms with Crippen LogP contribution in [-0.4, -0.2) is 47.2 Å². The van der Waals surface area contributed by atoms with Gasteiger partial charge in [0.15, 0.2) is 12.4 Å². The number of amides is 1. The fraction of sp³-hybridized carbons (Fsp3) is 0.462. The van der Waals surface area contributed by atoms with E-state index in [1.54, 1.807) is 10.6 Å². The van der Waals surface area contributed by atoms with E-state index in [4.69, 9.17) is 9.72 Å². The topological polar surface area (TPSA) is 101 Å². The number of anilines is 3. The van der Waals surface area contributed by atoms with Crippen LogP contribution in [0.25, 0.3) is 10.9 Å². The summed E-state index contributed by atoms with van der Waals surface area (Å²) >= 11 is 0. The van der Waals surface area contributed by atoms with E-state index >= 15 is 0 Å². The van der Waals surface area contributed by atoms with Crippen LogP contribution in [-0.2, 0) is 4.79 Å². The molecule has 1 aliphatic carbocycles. The van der Waals surface area contributed by atoms with E-state index in [9.17, 15) is 9.59 Å². The first-order chi connectivity index (χ1) is 16.8. The summed E-state index contributed by atoms with van der Waals surface area (Å²) in [4.78, 5) is 36.3. The molecule has 3 heterocycles. The monoisotopic (exact) mass is 476 g/mol. The summed E-state index contributed by atoms with van der Waals surface area (Å²) < 4.78 is 7.25. The molecule has 2 aromatic heterocycles. The van der Waals surface area contributed by atoms with Crippen LogP contribution in [0.2, 0.25) is 0 Å². The molecule has 1 saturated carbocycles. The van der Waals surface area contributed by atoms with Crippen LogP contribution >= 0.6 is 0 Å². The number of aromatic nitrogens is 3. The van der Waals surface area contributed by atoms with Gasteiger partial charge in [0, 0.05) is 54.4 Å². The van der Waals surface area contributed by atoms with Crippen molar-refractivity contribution in [2.24, 2.45) is 5.41 Å². The van der Waals surface area contributed by atoms with Gasteiger partial charge in [-0.1, -0.05) is 6.42 Å². The minimum Gasteiger partial charge on any atom is -0.478 e. The zero-order valence-electron chi connectivity index (χ0n) is 20.7. The van der Waals surface area contributed by atoms with Crippen LogP contribution in [0.5, 0.6) is 5.75 Å². The van der Waals surface area contributed by atoms with Gasteiger partial charge in [-0.3, -0.25) is 9.59 Å². The third-order valence-electron chi connectivity index (χ3n) is 7.13. The number of aryl methyl sites for hydroxylation is 1. The maximum absolute atomic E-state index is 13.0. The summed E-state index contributed by atoms with van der Waals surface area (Å²) in [6, 6.07) is 7.46. The Kier molecular flexibility index (Phi) is 5.86. The second kappa shape index (κ2) is 8.87. The molecule has 0 atom stereocenters. The molecule has 2 aliphatic rings. The predicted molar refractivity (Wildman–Crippen MR) is 137 cm³/mol. The Bertz CT molecular complexity index is 1340. The number of benzene rings is 1. The number of nitrogens with one attached hydrogen (secondary N) is 2. The van der Waals surface area contributed by atoms with Gasteiger partial charge in [0.1, 0.15) is 5.82 Å². The number of likely N-dealkylation sites (N-methyl/N-ethyl adjacent to an activating group) is 1. The second-order valence-corrected chi connectivity index (χ2v) is 10.0. The highest BCUT2D eigenvalue weighted by atomic mass is 16.5. The highest BCUT2D eigenvalue weighted by molar-refractivity contribution is 5.85. The maximum Gasteiger partial charge on any atom is 0.293 e. The van der Waals surface area contributed by atoms with E-state index in [1.807, 2.05) is 45.2 Å². The van der Waals surface area contributed by atoms with Crippen molar-refractivity contribution in [1.29, 1.82) is 0 Å². The molecule has 0 unspecified atom stereocenters. The lowest BCUT2D eigenvalue weighted by molar-refractivity contribution is -0.122. The second-order valence-electron chi connectivity index (χ2n) is 10.0. The van der Waals surface area contributed by atoms with Crippen molar-refractivity contribution < 1.29 is 9.53 Å². The summed E-state index contributed by atoms with van der Waals surface area (Å²) in [6.45, 7) is 7.75. The smallest absolute Gasteiger partial charge is 0.293 e. The molecule has 2 fully saturated rings. The third kappa shape index (κ3) is 4.31. The first-order valence-electron chi connectivity index (χ1n) is 12.2. The fourth-order valence-corrected chi connectivity index (χ4v) is 4.98. The van der Waals surface area contributed by atoms with Crippen LogP contribution in [0, 0.1) is 12.3 Å². The minimum absolute atomic E-state index is 0.0745. The van der Waals surface area contributed by atoms with Crippen molar-refractivity contribution >= 4 is 34.3 Å². The van der Waals surface area contributed by atoms with Gasteiger partial charge in [0.25, 0.3) is 11.5 Å². The number of hydrogen-bond donors (Lipinski definition) is 2. The van der Waals surface area contributed by atoms with Crippen molar-refractivity contribution in [3.63, 3.8) is 0 Å². The fourth-order valence-electron chi connectivity index (χ4n) is 4.98. The Balaban J connectivity index is 1.44. The SMILES string of the molecule is CNC(=O)COc1cc2cc(Nc3nc(N4CC5(CCC5)C4)ncc3C)ccc2n(C(C)C)c1=O. The number of carbonyl (C=O) groups excluding carboxylic acids is 1. The summed E-state index contributed by atoms with van der Waals surface area (Å²) in [7, 11) is 1.53. The van der Waals surface area contributed by atoms with Gasteiger partial charge in [-0.05, 0) is 57.9 Å². The van der Waals surface area contributed by atoms with Crippen LogP contribution in [0.3, 0.4) is 0 Å². The molecule has 9 heteroatoms. The summed E-state index contributed by atoms with van der Waals surface area (Å²) in [6.07, 6.45) is 5.82. The molecular formula is C26H32N6O3. The Morgan fingerprint density at radius 3 is 2.66 bits per heavy atom. The van der Waals surface area contributed by atoms with E-state index in [1.165, 1.54) is 26.3 Å². The standard InChI is InChI=1S/C26H32N6O3/c1-16(2)32-20-7-6-19(10-18(20)11-21(24(32)34)35-13-22(33)27-4)29-23-17(3)12-28-25(30-23)31-14-26(15-31)8-5-9-26/h6-7,10-12,16H,5,8-9,13-15H2,1-4H3,(H,27,33)(H,28,29,30). The molecule has 5 rings (SSSR count). The van der Waals surface area contributed by atoms with Crippen molar-refractivity contribution in [2.45, 2.75) is 46.1 Å². The molecule has 0 bridgehead atoms. The number of fused-ring (bicyclic) bond motifs is 1. The van der Waals surface area contributed by atoms with Gasteiger partial charge in [-0.2, -0.15) is 4.98 Å². The number of rotatable bonds is 7. The van der Waals surface area contributed by atoms with Gasteiger partial charge >= 0.3 is 0 Å². The van der Waals surface area contributed by atoms with Gasteiger partial charge in [0.2, 0.25) is 5.95 Å². The highest BCUT2D eigenvalue weighted by Gasteiger charge is 2.48. The lowest BCUT2D eigenvalue weighted by atomic mass is 9.64. The molecule has 1 aromatic carbocycles. The van der Waals surface area contributed by atoms with Gasteiger partial charge in [0.05, 0.1) is 5.52 Å². The Morgan fingerprint density at radius 1 is 1.23 bits per heavy atom. The Morgan fingerprint density at radius 2 is 2.00 bits per heavy atom. The first-order valence-corrected chi connectivity index (χ1v) is 12.2. The average molecular weight is 477 g/mol. The molecule has 184 valence electrons. The highest BCUT2D eigenvalue weighted by Crippen LogP contribution is 2.48. The molecule has 9 nitrogen and oxygen atoms in total.